The fourth-order valence-electron chi connectivity index (χ4n) is 1.80. The number of aromatic nitrogens is 2. The van der Waals surface area contributed by atoms with E-state index >= 15 is 0 Å². The van der Waals surface area contributed by atoms with Gasteiger partial charge < -0.3 is 9.63 Å². The zero-order chi connectivity index (χ0) is 13.3. The normalized spacial score (nSPS) is 11.8. The van der Waals surface area contributed by atoms with Crippen LogP contribution in [0.1, 0.15) is 32.2 Å². The van der Waals surface area contributed by atoms with Gasteiger partial charge in [0.2, 0.25) is 0 Å². The van der Waals surface area contributed by atoms with Crippen LogP contribution in [0.3, 0.4) is 0 Å². The number of rotatable bonds is 2. The second-order valence-corrected chi connectivity index (χ2v) is 5.75. The fourth-order valence-corrected chi connectivity index (χ4v) is 1.80. The van der Waals surface area contributed by atoms with E-state index in [9.17, 15) is 5.11 Å². The molecule has 96 valence electrons. The molecule has 4 heteroatoms. The van der Waals surface area contributed by atoms with Crippen molar-refractivity contribution in [3.05, 3.63) is 29.6 Å². The molecule has 0 saturated carbocycles. The topological polar surface area (TPSA) is 59.2 Å². The highest BCUT2D eigenvalue weighted by Gasteiger charge is 2.17. The number of nitrogens with zero attached hydrogens (tertiary/aromatic N) is 2. The molecular weight excluding hydrogens is 228 g/mol. The summed E-state index contributed by atoms with van der Waals surface area (Å²) in [5, 5.41) is 13.4. The van der Waals surface area contributed by atoms with Crippen molar-refractivity contribution in [2.45, 2.75) is 34.1 Å². The van der Waals surface area contributed by atoms with Crippen LogP contribution in [0.5, 0.6) is 5.75 Å². The molecule has 0 aliphatic rings. The first-order chi connectivity index (χ1) is 8.35. The number of hydrogen-bond donors (Lipinski definition) is 1. The predicted octanol–water partition coefficient (Wildman–Crippen LogP) is 3.34. The van der Waals surface area contributed by atoms with Gasteiger partial charge >= 0.3 is 0 Å². The molecule has 0 atom stereocenters. The Morgan fingerprint density at radius 3 is 2.61 bits per heavy atom. The summed E-state index contributed by atoms with van der Waals surface area (Å²) < 4.78 is 5.27. The standard InChI is InChI=1S/C14H18N2O2/c1-9-7-10(17)5-6-11(9)13-15-12(16-18-13)8-14(2,3)4/h5-7,17H,8H2,1-4H3. The van der Waals surface area contributed by atoms with Gasteiger partial charge in [0.15, 0.2) is 5.82 Å². The number of hydrogen-bond acceptors (Lipinski definition) is 4. The lowest BCUT2D eigenvalue weighted by Crippen LogP contribution is -2.10. The van der Waals surface area contributed by atoms with Crippen LogP contribution in [0, 0.1) is 12.3 Å². The molecule has 1 N–H and O–H groups in total. The van der Waals surface area contributed by atoms with Crippen LogP contribution in [0.25, 0.3) is 11.5 Å². The summed E-state index contributed by atoms with van der Waals surface area (Å²) in [6, 6.07) is 5.10. The maximum absolute atomic E-state index is 9.38. The molecule has 0 bridgehead atoms. The van der Waals surface area contributed by atoms with Gasteiger partial charge in [-0.3, -0.25) is 0 Å². The van der Waals surface area contributed by atoms with Crippen molar-refractivity contribution in [3.63, 3.8) is 0 Å². The van der Waals surface area contributed by atoms with Crippen molar-refractivity contribution in [1.29, 1.82) is 0 Å². The summed E-state index contributed by atoms with van der Waals surface area (Å²) in [7, 11) is 0. The van der Waals surface area contributed by atoms with Gasteiger partial charge in [0, 0.05) is 12.0 Å². The molecule has 2 aromatic rings. The lowest BCUT2D eigenvalue weighted by molar-refractivity contribution is 0.374. The average Bonchev–Trinajstić information content (AvgIpc) is 2.63. The third-order valence-corrected chi connectivity index (χ3v) is 2.60. The lowest BCUT2D eigenvalue weighted by atomic mass is 9.92. The van der Waals surface area contributed by atoms with Crippen molar-refractivity contribution in [2.75, 3.05) is 0 Å². The SMILES string of the molecule is Cc1cc(O)ccc1-c1nc(CC(C)(C)C)no1. The summed E-state index contributed by atoms with van der Waals surface area (Å²) >= 11 is 0. The van der Waals surface area contributed by atoms with Gasteiger partial charge in [-0.25, -0.2) is 0 Å². The molecule has 0 amide bonds. The van der Waals surface area contributed by atoms with Crippen molar-refractivity contribution in [2.24, 2.45) is 5.41 Å². The van der Waals surface area contributed by atoms with Crippen molar-refractivity contribution >= 4 is 0 Å². The van der Waals surface area contributed by atoms with E-state index in [1.54, 1.807) is 18.2 Å². The van der Waals surface area contributed by atoms with Crippen LogP contribution < -0.4 is 0 Å². The van der Waals surface area contributed by atoms with Crippen molar-refractivity contribution in [1.82, 2.24) is 10.1 Å². The Hall–Kier alpha value is -1.84. The summed E-state index contributed by atoms with van der Waals surface area (Å²) in [5.41, 5.74) is 1.91. The quantitative estimate of drug-likeness (QED) is 0.882. The maximum Gasteiger partial charge on any atom is 0.258 e. The Bertz CT molecular complexity index is 553. The first-order valence-corrected chi connectivity index (χ1v) is 5.98. The van der Waals surface area contributed by atoms with Crippen LogP contribution in [-0.4, -0.2) is 15.2 Å². The van der Waals surface area contributed by atoms with Gasteiger partial charge in [0.1, 0.15) is 5.75 Å². The van der Waals surface area contributed by atoms with Crippen molar-refractivity contribution < 1.29 is 9.63 Å². The molecule has 1 heterocycles. The van der Waals surface area contributed by atoms with Crippen LogP contribution >= 0.6 is 0 Å². The Kier molecular flexibility index (Phi) is 3.11. The van der Waals surface area contributed by atoms with Crippen LogP contribution in [0.15, 0.2) is 22.7 Å². The Balaban J connectivity index is 2.29. The van der Waals surface area contributed by atoms with Gasteiger partial charge in [0.25, 0.3) is 5.89 Å². The number of aryl methyl sites for hydroxylation is 1. The zero-order valence-corrected chi connectivity index (χ0v) is 11.2. The second-order valence-electron chi connectivity index (χ2n) is 5.75. The minimum atomic E-state index is 0.130. The average molecular weight is 246 g/mol. The molecule has 0 aliphatic carbocycles. The predicted molar refractivity (Wildman–Crippen MR) is 69.3 cm³/mol. The highest BCUT2D eigenvalue weighted by atomic mass is 16.5. The summed E-state index contributed by atoms with van der Waals surface area (Å²) in [5.74, 6) is 1.46. The minimum absolute atomic E-state index is 0.130. The zero-order valence-electron chi connectivity index (χ0n) is 11.2. The van der Waals surface area contributed by atoms with E-state index in [1.165, 1.54) is 0 Å². The third-order valence-electron chi connectivity index (χ3n) is 2.60. The number of benzene rings is 1. The molecule has 18 heavy (non-hydrogen) atoms. The van der Waals surface area contributed by atoms with E-state index in [1.807, 2.05) is 6.92 Å². The first-order valence-electron chi connectivity index (χ1n) is 5.98. The number of phenolic OH excluding ortho intramolecular Hbond substituents is 1. The molecule has 0 spiro atoms. The molecule has 2 rings (SSSR count). The molecule has 0 unspecified atom stereocenters. The molecule has 4 nitrogen and oxygen atoms in total. The summed E-state index contributed by atoms with van der Waals surface area (Å²) in [4.78, 5) is 4.40. The third kappa shape index (κ3) is 2.88. The van der Waals surface area contributed by atoms with E-state index in [-0.39, 0.29) is 11.2 Å². The second kappa shape index (κ2) is 4.44. The van der Waals surface area contributed by atoms with Gasteiger partial charge in [-0.05, 0) is 36.1 Å². The van der Waals surface area contributed by atoms with E-state index in [4.69, 9.17) is 4.52 Å². The summed E-state index contributed by atoms with van der Waals surface area (Å²) in [6.07, 6.45) is 0.771. The summed E-state index contributed by atoms with van der Waals surface area (Å²) in [6.45, 7) is 8.31. The van der Waals surface area contributed by atoms with Crippen LogP contribution in [-0.2, 0) is 6.42 Å². The van der Waals surface area contributed by atoms with Gasteiger partial charge in [0.05, 0.1) is 0 Å². The highest BCUT2D eigenvalue weighted by Crippen LogP contribution is 2.26. The minimum Gasteiger partial charge on any atom is -0.508 e. The molecule has 0 saturated heterocycles. The number of aromatic hydroxyl groups is 1. The molecule has 1 aromatic carbocycles. The molecular formula is C14H18N2O2. The molecule has 0 fully saturated rings. The maximum atomic E-state index is 9.38. The van der Waals surface area contributed by atoms with Crippen LogP contribution in [0.2, 0.25) is 0 Å². The molecule has 0 aliphatic heterocycles. The van der Waals surface area contributed by atoms with Gasteiger partial charge in [-0.2, -0.15) is 4.98 Å². The van der Waals surface area contributed by atoms with Crippen LogP contribution in [0.4, 0.5) is 0 Å². The molecule has 0 radical (unpaired) electrons. The lowest BCUT2D eigenvalue weighted by Gasteiger charge is -2.14. The fraction of sp³-hybridized carbons (Fsp3) is 0.429. The van der Waals surface area contributed by atoms with Gasteiger partial charge in [-0.1, -0.05) is 25.9 Å². The number of phenols is 1. The van der Waals surface area contributed by atoms with E-state index in [0.717, 1.165) is 17.5 Å². The smallest absolute Gasteiger partial charge is 0.258 e. The Morgan fingerprint density at radius 1 is 1.28 bits per heavy atom. The van der Waals surface area contributed by atoms with Crippen molar-refractivity contribution in [3.8, 4) is 17.2 Å². The van der Waals surface area contributed by atoms with E-state index in [0.29, 0.717) is 11.7 Å². The first kappa shape index (κ1) is 12.6. The van der Waals surface area contributed by atoms with E-state index in [2.05, 4.69) is 30.9 Å². The highest BCUT2D eigenvalue weighted by molar-refractivity contribution is 5.59. The Morgan fingerprint density at radius 2 is 2.00 bits per heavy atom. The Labute approximate surface area is 107 Å². The molecule has 1 aromatic heterocycles. The monoisotopic (exact) mass is 246 g/mol. The van der Waals surface area contributed by atoms with Gasteiger partial charge in [-0.15, -0.1) is 0 Å². The van der Waals surface area contributed by atoms with E-state index < -0.39 is 0 Å². The largest absolute Gasteiger partial charge is 0.508 e.